The standard InChI is InChI=1S/C15H13ClN2O4S/c1-18-12-7-3-6-11(12)13(19)14(23(18,21)22)15(20)17-10-5-2-4-9(16)8-10/h2-5,7-8,19H,6H2,1H3,(H,17,20). The minimum Gasteiger partial charge on any atom is -0.506 e. The molecule has 0 atom stereocenters. The van der Waals surface area contributed by atoms with Crippen LogP contribution in [-0.4, -0.2) is 30.8 Å². The molecular formula is C15H13ClN2O4S. The second-order valence-electron chi connectivity index (χ2n) is 5.09. The first-order valence-electron chi connectivity index (χ1n) is 6.71. The van der Waals surface area contributed by atoms with E-state index >= 15 is 0 Å². The molecule has 2 N–H and O–H groups in total. The minimum absolute atomic E-state index is 0.338. The van der Waals surface area contributed by atoms with Crippen LogP contribution in [0.15, 0.2) is 58.4 Å². The molecule has 2 aliphatic rings. The fourth-order valence-corrected chi connectivity index (χ4v) is 4.06. The lowest BCUT2D eigenvalue weighted by molar-refractivity contribution is -0.112. The molecule has 1 aliphatic heterocycles. The topological polar surface area (TPSA) is 86.7 Å². The number of benzene rings is 1. The zero-order valence-corrected chi connectivity index (χ0v) is 13.6. The summed E-state index contributed by atoms with van der Waals surface area (Å²) >= 11 is 5.84. The molecule has 1 heterocycles. The molecule has 0 radical (unpaired) electrons. The Hall–Kier alpha value is -2.25. The van der Waals surface area contributed by atoms with E-state index in [9.17, 15) is 18.3 Å². The molecule has 1 aromatic carbocycles. The summed E-state index contributed by atoms with van der Waals surface area (Å²) in [4.78, 5) is 11.8. The van der Waals surface area contributed by atoms with Crippen LogP contribution in [0.4, 0.5) is 5.69 Å². The van der Waals surface area contributed by atoms with Crippen LogP contribution in [-0.2, 0) is 14.8 Å². The Balaban J connectivity index is 2.03. The fourth-order valence-electron chi connectivity index (χ4n) is 2.51. The van der Waals surface area contributed by atoms with Gasteiger partial charge < -0.3 is 10.4 Å². The van der Waals surface area contributed by atoms with Gasteiger partial charge in [0.05, 0.1) is 5.70 Å². The van der Waals surface area contributed by atoms with Gasteiger partial charge in [-0.25, -0.2) is 8.42 Å². The number of likely N-dealkylation sites (N-methyl/N-ethyl adjacent to an activating group) is 1. The molecule has 23 heavy (non-hydrogen) atoms. The molecular weight excluding hydrogens is 340 g/mol. The van der Waals surface area contributed by atoms with Crippen LogP contribution in [0.25, 0.3) is 0 Å². The molecule has 0 bridgehead atoms. The zero-order chi connectivity index (χ0) is 16.8. The van der Waals surface area contributed by atoms with Crippen molar-refractivity contribution in [3.05, 3.63) is 63.4 Å². The van der Waals surface area contributed by atoms with Crippen molar-refractivity contribution in [3.8, 4) is 0 Å². The number of anilines is 1. The van der Waals surface area contributed by atoms with Gasteiger partial charge in [-0.1, -0.05) is 23.7 Å². The number of hydrogen-bond donors (Lipinski definition) is 2. The predicted molar refractivity (Wildman–Crippen MR) is 87.2 cm³/mol. The van der Waals surface area contributed by atoms with Crippen LogP contribution in [0.1, 0.15) is 6.42 Å². The van der Waals surface area contributed by atoms with E-state index in [1.54, 1.807) is 30.4 Å². The third-order valence-electron chi connectivity index (χ3n) is 3.65. The molecule has 0 saturated carbocycles. The van der Waals surface area contributed by atoms with E-state index in [4.69, 9.17) is 11.6 Å². The third kappa shape index (κ3) is 2.51. The zero-order valence-electron chi connectivity index (χ0n) is 12.1. The highest BCUT2D eigenvalue weighted by atomic mass is 35.5. The van der Waals surface area contributed by atoms with Crippen LogP contribution in [0, 0.1) is 0 Å². The minimum atomic E-state index is -4.13. The third-order valence-corrected chi connectivity index (χ3v) is 5.70. The molecule has 6 nitrogen and oxygen atoms in total. The second kappa shape index (κ2) is 5.43. The van der Waals surface area contributed by atoms with E-state index in [0.717, 1.165) is 4.31 Å². The van der Waals surface area contributed by atoms with Crippen molar-refractivity contribution in [2.45, 2.75) is 6.42 Å². The first-order valence-corrected chi connectivity index (χ1v) is 8.53. The van der Waals surface area contributed by atoms with Crippen molar-refractivity contribution < 1.29 is 18.3 Å². The van der Waals surface area contributed by atoms with Crippen molar-refractivity contribution in [2.75, 3.05) is 12.4 Å². The molecule has 0 aromatic heterocycles. The summed E-state index contributed by atoms with van der Waals surface area (Å²) in [5.41, 5.74) is 1.13. The van der Waals surface area contributed by atoms with Crippen molar-refractivity contribution in [2.24, 2.45) is 0 Å². The van der Waals surface area contributed by atoms with E-state index < -0.39 is 26.6 Å². The molecule has 0 unspecified atom stereocenters. The van der Waals surface area contributed by atoms with Gasteiger partial charge in [0, 0.05) is 23.3 Å². The number of carbonyl (C=O) groups is 1. The van der Waals surface area contributed by atoms with Gasteiger partial charge in [0.1, 0.15) is 5.76 Å². The highest BCUT2D eigenvalue weighted by Crippen LogP contribution is 2.37. The van der Waals surface area contributed by atoms with Crippen LogP contribution in [0.5, 0.6) is 0 Å². The van der Waals surface area contributed by atoms with Gasteiger partial charge in [0.25, 0.3) is 15.9 Å². The SMILES string of the molecule is CN1C2=C(CC=C2)C(O)=C(C(=O)Nc2cccc(Cl)c2)S1(=O)=O. The van der Waals surface area contributed by atoms with Gasteiger partial charge in [-0.2, -0.15) is 0 Å². The number of rotatable bonds is 2. The Labute approximate surface area is 138 Å². The van der Waals surface area contributed by atoms with E-state index in [1.165, 1.54) is 13.1 Å². The highest BCUT2D eigenvalue weighted by molar-refractivity contribution is 7.94. The number of allylic oxidation sites excluding steroid dienone is 3. The lowest BCUT2D eigenvalue weighted by Crippen LogP contribution is -2.36. The first kappa shape index (κ1) is 15.6. The summed E-state index contributed by atoms with van der Waals surface area (Å²) < 4.78 is 26.0. The molecule has 3 rings (SSSR count). The van der Waals surface area contributed by atoms with Crippen molar-refractivity contribution >= 4 is 33.2 Å². The maximum atomic E-state index is 12.5. The van der Waals surface area contributed by atoms with Crippen molar-refractivity contribution in [1.82, 2.24) is 4.31 Å². The Morgan fingerprint density at radius 3 is 2.83 bits per heavy atom. The van der Waals surface area contributed by atoms with E-state index in [0.29, 0.717) is 28.4 Å². The number of halogens is 1. The number of aliphatic hydroxyl groups is 1. The average molecular weight is 353 g/mol. The van der Waals surface area contributed by atoms with Crippen LogP contribution in [0.3, 0.4) is 0 Å². The van der Waals surface area contributed by atoms with Gasteiger partial charge in [-0.3, -0.25) is 9.10 Å². The average Bonchev–Trinajstić information content (AvgIpc) is 2.94. The molecule has 1 aromatic rings. The molecule has 0 spiro atoms. The van der Waals surface area contributed by atoms with Crippen LogP contribution < -0.4 is 5.32 Å². The predicted octanol–water partition coefficient (Wildman–Crippen LogP) is 2.54. The quantitative estimate of drug-likeness (QED) is 0.856. The van der Waals surface area contributed by atoms with Gasteiger partial charge in [0.2, 0.25) is 0 Å². The maximum absolute atomic E-state index is 12.5. The lowest BCUT2D eigenvalue weighted by Gasteiger charge is -2.27. The summed E-state index contributed by atoms with van der Waals surface area (Å²) in [5, 5.41) is 13.1. The summed E-state index contributed by atoms with van der Waals surface area (Å²) in [7, 11) is -2.78. The van der Waals surface area contributed by atoms with Crippen LogP contribution >= 0.6 is 11.6 Å². The van der Waals surface area contributed by atoms with E-state index in [-0.39, 0.29) is 0 Å². The summed E-state index contributed by atoms with van der Waals surface area (Å²) in [6.07, 6.45) is 3.70. The smallest absolute Gasteiger partial charge is 0.273 e. The first-order chi connectivity index (χ1) is 10.8. The number of carbonyl (C=O) groups excluding carboxylic acids is 1. The number of amides is 1. The summed E-state index contributed by atoms with van der Waals surface area (Å²) in [5.74, 6) is -1.42. The maximum Gasteiger partial charge on any atom is 0.273 e. The molecule has 1 amide bonds. The monoisotopic (exact) mass is 352 g/mol. The van der Waals surface area contributed by atoms with Gasteiger partial charge in [0.15, 0.2) is 4.91 Å². The summed E-state index contributed by atoms with van der Waals surface area (Å²) in [6, 6.07) is 6.30. The summed E-state index contributed by atoms with van der Waals surface area (Å²) in [6.45, 7) is 0. The molecule has 0 saturated heterocycles. The second-order valence-corrected chi connectivity index (χ2v) is 7.43. The Bertz CT molecular complexity index is 900. The van der Waals surface area contributed by atoms with Crippen LogP contribution in [0.2, 0.25) is 5.02 Å². The van der Waals surface area contributed by atoms with Gasteiger partial charge in [-0.15, -0.1) is 0 Å². The lowest BCUT2D eigenvalue weighted by atomic mass is 10.1. The highest BCUT2D eigenvalue weighted by Gasteiger charge is 2.41. The van der Waals surface area contributed by atoms with Gasteiger partial charge in [-0.05, 0) is 30.7 Å². The number of aliphatic hydroxyl groups excluding tert-OH is 1. The Morgan fingerprint density at radius 1 is 1.39 bits per heavy atom. The number of nitrogens with one attached hydrogen (secondary N) is 1. The molecule has 8 heteroatoms. The fraction of sp³-hybridized carbons (Fsp3) is 0.133. The number of hydrogen-bond acceptors (Lipinski definition) is 4. The Morgan fingerprint density at radius 2 is 2.13 bits per heavy atom. The number of sulfonamides is 1. The molecule has 1 aliphatic carbocycles. The van der Waals surface area contributed by atoms with Crippen molar-refractivity contribution in [3.63, 3.8) is 0 Å². The van der Waals surface area contributed by atoms with Crippen molar-refractivity contribution in [1.29, 1.82) is 0 Å². The molecule has 120 valence electrons. The van der Waals surface area contributed by atoms with E-state index in [2.05, 4.69) is 5.32 Å². The normalized spacial score (nSPS) is 19.1. The largest absolute Gasteiger partial charge is 0.506 e. The molecule has 0 fully saturated rings. The number of nitrogens with zero attached hydrogens (tertiary/aromatic N) is 1. The van der Waals surface area contributed by atoms with Gasteiger partial charge >= 0.3 is 0 Å². The Kier molecular flexibility index (Phi) is 3.69. The van der Waals surface area contributed by atoms with E-state index in [1.807, 2.05) is 0 Å².